The van der Waals surface area contributed by atoms with Crippen molar-refractivity contribution in [2.45, 2.75) is 0 Å². The van der Waals surface area contributed by atoms with Gasteiger partial charge >= 0.3 is 0 Å². The summed E-state index contributed by atoms with van der Waals surface area (Å²) in [7, 11) is 1.64. The van der Waals surface area contributed by atoms with Crippen molar-refractivity contribution in [1.82, 2.24) is 20.0 Å². The monoisotopic (exact) mass is 320 g/mol. The third-order valence-electron chi connectivity index (χ3n) is 3.74. The van der Waals surface area contributed by atoms with Crippen molar-refractivity contribution in [2.24, 2.45) is 0 Å². The topological polar surface area (TPSA) is 52.8 Å². The molecule has 0 atom stereocenters. The van der Waals surface area contributed by atoms with Crippen LogP contribution in [0.5, 0.6) is 5.75 Å². The van der Waals surface area contributed by atoms with Crippen LogP contribution in [0.1, 0.15) is 0 Å². The number of hydrogen-bond acceptors (Lipinski definition) is 4. The number of aromatic nitrogens is 4. The Hall–Kier alpha value is -3.28. The molecule has 0 aliphatic carbocycles. The minimum absolute atomic E-state index is 0.286. The van der Waals surface area contributed by atoms with Gasteiger partial charge in [-0.2, -0.15) is 0 Å². The molecule has 0 radical (unpaired) electrons. The third kappa shape index (κ3) is 2.58. The molecule has 0 fully saturated rings. The van der Waals surface area contributed by atoms with E-state index in [-0.39, 0.29) is 5.82 Å². The van der Waals surface area contributed by atoms with Crippen molar-refractivity contribution >= 4 is 10.9 Å². The van der Waals surface area contributed by atoms with Gasteiger partial charge in [0.15, 0.2) is 0 Å². The number of pyridine rings is 1. The summed E-state index contributed by atoms with van der Waals surface area (Å²) >= 11 is 0. The van der Waals surface area contributed by atoms with Gasteiger partial charge in [-0.1, -0.05) is 11.3 Å². The van der Waals surface area contributed by atoms with Gasteiger partial charge in [0.1, 0.15) is 17.3 Å². The predicted molar refractivity (Wildman–Crippen MR) is 88.6 cm³/mol. The molecule has 2 aromatic heterocycles. The van der Waals surface area contributed by atoms with Crippen molar-refractivity contribution in [3.8, 4) is 22.8 Å². The molecule has 2 heterocycles. The lowest BCUT2D eigenvalue weighted by Gasteiger charge is -2.03. The van der Waals surface area contributed by atoms with Crippen LogP contribution < -0.4 is 4.74 Å². The zero-order valence-electron chi connectivity index (χ0n) is 12.8. The van der Waals surface area contributed by atoms with Crippen LogP contribution in [0.15, 0.2) is 60.8 Å². The van der Waals surface area contributed by atoms with Gasteiger partial charge in [-0.3, -0.25) is 0 Å². The van der Waals surface area contributed by atoms with Gasteiger partial charge in [-0.05, 0) is 48.5 Å². The quantitative estimate of drug-likeness (QED) is 0.578. The summed E-state index contributed by atoms with van der Waals surface area (Å²) in [4.78, 5) is 4.61. The Bertz CT molecular complexity index is 1010. The lowest BCUT2D eigenvalue weighted by Crippen LogP contribution is -1.94. The molecule has 0 amide bonds. The number of hydrogen-bond donors (Lipinski definition) is 0. The molecule has 6 heteroatoms. The molecular weight excluding hydrogens is 307 g/mol. The van der Waals surface area contributed by atoms with E-state index in [0.29, 0.717) is 5.69 Å². The van der Waals surface area contributed by atoms with E-state index in [1.807, 2.05) is 30.3 Å². The Morgan fingerprint density at radius 2 is 1.79 bits per heavy atom. The molecule has 2 aromatic carbocycles. The fourth-order valence-corrected chi connectivity index (χ4v) is 2.47. The third-order valence-corrected chi connectivity index (χ3v) is 3.74. The molecule has 0 bridgehead atoms. The molecule has 0 aliphatic rings. The van der Waals surface area contributed by atoms with Gasteiger partial charge in [0.05, 0.1) is 30.2 Å². The van der Waals surface area contributed by atoms with Crippen molar-refractivity contribution in [3.05, 3.63) is 66.6 Å². The van der Waals surface area contributed by atoms with Gasteiger partial charge in [0.25, 0.3) is 0 Å². The van der Waals surface area contributed by atoms with Crippen molar-refractivity contribution in [1.29, 1.82) is 0 Å². The number of halogens is 1. The Morgan fingerprint density at radius 3 is 2.58 bits per heavy atom. The summed E-state index contributed by atoms with van der Waals surface area (Å²) in [6.45, 7) is 0. The Kier molecular flexibility index (Phi) is 3.42. The highest BCUT2D eigenvalue weighted by molar-refractivity contribution is 5.82. The Balaban J connectivity index is 1.71. The first-order valence-electron chi connectivity index (χ1n) is 7.36. The van der Waals surface area contributed by atoms with Gasteiger partial charge in [0.2, 0.25) is 0 Å². The van der Waals surface area contributed by atoms with Crippen molar-refractivity contribution in [3.63, 3.8) is 0 Å². The SMILES string of the molecule is COc1ccc2nc(-c3cn(-c4ccc(F)cc4)nn3)ccc2c1. The van der Waals surface area contributed by atoms with E-state index < -0.39 is 0 Å². The number of nitrogens with zero attached hydrogens (tertiary/aromatic N) is 4. The summed E-state index contributed by atoms with van der Waals surface area (Å²) < 4.78 is 19.8. The van der Waals surface area contributed by atoms with E-state index in [1.165, 1.54) is 12.1 Å². The average Bonchev–Trinajstić information content (AvgIpc) is 3.11. The zero-order valence-corrected chi connectivity index (χ0v) is 12.8. The molecular formula is C18H13FN4O. The molecule has 4 rings (SSSR count). The van der Waals surface area contributed by atoms with E-state index >= 15 is 0 Å². The van der Waals surface area contributed by atoms with E-state index in [1.54, 1.807) is 30.1 Å². The molecule has 0 saturated carbocycles. The van der Waals surface area contributed by atoms with Crippen molar-refractivity contribution in [2.75, 3.05) is 7.11 Å². The zero-order chi connectivity index (χ0) is 16.5. The van der Waals surface area contributed by atoms with E-state index in [9.17, 15) is 4.39 Å². The lowest BCUT2D eigenvalue weighted by molar-refractivity contribution is 0.415. The normalized spacial score (nSPS) is 10.9. The van der Waals surface area contributed by atoms with Crippen LogP contribution in [0, 0.1) is 5.82 Å². The first-order chi connectivity index (χ1) is 11.7. The maximum Gasteiger partial charge on any atom is 0.131 e. The maximum absolute atomic E-state index is 13.0. The summed E-state index contributed by atoms with van der Waals surface area (Å²) in [6, 6.07) is 15.6. The summed E-state index contributed by atoms with van der Waals surface area (Å²) in [5, 5.41) is 9.23. The predicted octanol–water partition coefficient (Wildman–Crippen LogP) is 3.63. The summed E-state index contributed by atoms with van der Waals surface area (Å²) in [5.74, 6) is 0.505. The number of ether oxygens (including phenoxy) is 1. The van der Waals surface area contributed by atoms with Crippen LogP contribution in [0.2, 0.25) is 0 Å². The summed E-state index contributed by atoms with van der Waals surface area (Å²) in [6.07, 6.45) is 1.77. The van der Waals surface area contributed by atoms with Gasteiger partial charge in [0, 0.05) is 5.39 Å². The molecule has 0 saturated heterocycles. The Labute approximate surface area is 137 Å². The molecule has 0 spiro atoms. The first kappa shape index (κ1) is 14.3. The fraction of sp³-hybridized carbons (Fsp3) is 0.0556. The van der Waals surface area contributed by atoms with E-state index in [2.05, 4.69) is 15.3 Å². The highest BCUT2D eigenvalue weighted by atomic mass is 19.1. The average molecular weight is 320 g/mol. The molecule has 24 heavy (non-hydrogen) atoms. The molecule has 118 valence electrons. The van der Waals surface area contributed by atoms with Crippen LogP contribution in [0.3, 0.4) is 0 Å². The Morgan fingerprint density at radius 1 is 0.958 bits per heavy atom. The summed E-state index contributed by atoms with van der Waals surface area (Å²) in [5.41, 5.74) is 2.96. The second-order valence-electron chi connectivity index (χ2n) is 5.28. The van der Waals surface area contributed by atoms with Gasteiger partial charge < -0.3 is 4.74 Å². The number of fused-ring (bicyclic) bond motifs is 1. The van der Waals surface area contributed by atoms with Crippen LogP contribution >= 0.6 is 0 Å². The molecule has 0 unspecified atom stereocenters. The largest absolute Gasteiger partial charge is 0.497 e. The second kappa shape index (κ2) is 5.73. The van der Waals surface area contributed by atoms with Gasteiger partial charge in [-0.15, -0.1) is 5.10 Å². The van der Waals surface area contributed by atoms with Crippen LogP contribution in [0.4, 0.5) is 4.39 Å². The van der Waals surface area contributed by atoms with E-state index in [4.69, 9.17) is 4.74 Å². The van der Waals surface area contributed by atoms with Gasteiger partial charge in [-0.25, -0.2) is 14.1 Å². The maximum atomic E-state index is 13.0. The lowest BCUT2D eigenvalue weighted by atomic mass is 10.2. The fourth-order valence-electron chi connectivity index (χ4n) is 2.47. The van der Waals surface area contributed by atoms with Crippen LogP contribution in [-0.2, 0) is 0 Å². The minimum atomic E-state index is -0.286. The smallest absolute Gasteiger partial charge is 0.131 e. The van der Waals surface area contributed by atoms with Crippen molar-refractivity contribution < 1.29 is 9.13 Å². The van der Waals surface area contributed by atoms with Crippen LogP contribution in [-0.4, -0.2) is 27.1 Å². The molecule has 0 aliphatic heterocycles. The highest BCUT2D eigenvalue weighted by Crippen LogP contribution is 2.23. The number of benzene rings is 2. The molecule has 4 aromatic rings. The second-order valence-corrected chi connectivity index (χ2v) is 5.28. The molecule has 0 N–H and O–H groups in total. The highest BCUT2D eigenvalue weighted by Gasteiger charge is 2.08. The van der Waals surface area contributed by atoms with Crippen LogP contribution in [0.25, 0.3) is 28.0 Å². The standard InChI is InChI=1S/C18H13FN4O/c1-24-15-7-9-16-12(10-15)2-8-17(20-16)18-11-23(22-21-18)14-5-3-13(19)4-6-14/h2-11H,1H3. The number of rotatable bonds is 3. The first-order valence-corrected chi connectivity index (χ1v) is 7.36. The number of methoxy groups -OCH3 is 1. The minimum Gasteiger partial charge on any atom is -0.497 e. The molecule has 5 nitrogen and oxygen atoms in total. The van der Waals surface area contributed by atoms with E-state index in [0.717, 1.165) is 28.0 Å².